The van der Waals surface area contributed by atoms with Crippen molar-refractivity contribution in [2.45, 2.75) is 25.3 Å². The minimum atomic E-state index is -0.155. The number of H-pyrrole nitrogens is 2. The molecule has 0 spiro atoms. The normalized spacial score (nSPS) is 16.6. The van der Waals surface area contributed by atoms with Crippen LogP contribution in [0.5, 0.6) is 5.75 Å². The van der Waals surface area contributed by atoms with Crippen LogP contribution in [0.1, 0.15) is 30.1 Å². The first-order valence-electron chi connectivity index (χ1n) is 8.63. The molecule has 2 N–H and O–H groups in total. The van der Waals surface area contributed by atoms with E-state index < -0.39 is 0 Å². The Hall–Kier alpha value is -2.54. The summed E-state index contributed by atoms with van der Waals surface area (Å²) in [4.78, 5) is 20.0. The van der Waals surface area contributed by atoms with Gasteiger partial charge in [-0.1, -0.05) is 0 Å². The molecule has 0 saturated carbocycles. The molecule has 0 atom stereocenters. The molecule has 1 fully saturated rings. The number of fused-ring (bicyclic) bond motifs is 1. The lowest BCUT2D eigenvalue weighted by molar-refractivity contribution is 0.200. The molecule has 0 aliphatic carbocycles. The first-order chi connectivity index (χ1) is 12.1. The lowest BCUT2D eigenvalue weighted by Crippen LogP contribution is -2.32. The number of benzene rings is 1. The van der Waals surface area contributed by atoms with Crippen molar-refractivity contribution in [2.75, 3.05) is 20.2 Å². The molecule has 0 radical (unpaired) electrons. The Kier molecular flexibility index (Phi) is 4.09. The fourth-order valence-electron chi connectivity index (χ4n) is 3.73. The second kappa shape index (κ2) is 6.40. The number of piperidine rings is 1. The summed E-state index contributed by atoms with van der Waals surface area (Å²) < 4.78 is 6.72. The molecule has 1 saturated heterocycles. The number of nitrogens with one attached hydrogen (secondary N) is 2. The number of hydrogen-bond donors (Lipinski definition) is 2. The van der Waals surface area contributed by atoms with E-state index in [1.165, 1.54) is 15.6 Å². The van der Waals surface area contributed by atoms with Gasteiger partial charge in [-0.05, 0) is 55.6 Å². The molecule has 1 aromatic carbocycles. The number of hydrogen-bond acceptors (Lipinski definition) is 4. The summed E-state index contributed by atoms with van der Waals surface area (Å²) in [5.41, 5.74) is 2.38. The van der Waals surface area contributed by atoms with E-state index in [-0.39, 0.29) is 5.69 Å². The van der Waals surface area contributed by atoms with Crippen molar-refractivity contribution in [3.05, 3.63) is 46.3 Å². The molecule has 7 nitrogen and oxygen atoms in total. The van der Waals surface area contributed by atoms with E-state index in [2.05, 4.69) is 38.3 Å². The summed E-state index contributed by atoms with van der Waals surface area (Å²) in [6, 6.07) is 6.18. The average molecular weight is 341 g/mol. The molecule has 3 heterocycles. The number of nitrogens with zero attached hydrogens (tertiary/aromatic N) is 3. The van der Waals surface area contributed by atoms with Crippen molar-refractivity contribution < 1.29 is 4.74 Å². The van der Waals surface area contributed by atoms with Gasteiger partial charge in [-0.25, -0.2) is 9.48 Å². The van der Waals surface area contributed by atoms with E-state index in [0.29, 0.717) is 12.5 Å². The highest BCUT2D eigenvalue weighted by atomic mass is 16.5. The van der Waals surface area contributed by atoms with Gasteiger partial charge in [0.25, 0.3) is 0 Å². The van der Waals surface area contributed by atoms with E-state index in [9.17, 15) is 4.79 Å². The van der Waals surface area contributed by atoms with Gasteiger partial charge in [-0.2, -0.15) is 5.10 Å². The second-order valence-corrected chi connectivity index (χ2v) is 6.71. The fraction of sp³-hybridized carbons (Fsp3) is 0.444. The maximum atomic E-state index is 11.5. The molecule has 7 heteroatoms. The van der Waals surface area contributed by atoms with Gasteiger partial charge < -0.3 is 9.72 Å². The fourth-order valence-corrected chi connectivity index (χ4v) is 3.73. The van der Waals surface area contributed by atoms with Crippen LogP contribution in [0.4, 0.5) is 0 Å². The van der Waals surface area contributed by atoms with E-state index >= 15 is 0 Å². The lowest BCUT2D eigenvalue weighted by Gasteiger charge is -2.31. The first-order valence-corrected chi connectivity index (χ1v) is 8.63. The van der Waals surface area contributed by atoms with Gasteiger partial charge in [0.2, 0.25) is 0 Å². The Labute approximate surface area is 145 Å². The third-order valence-corrected chi connectivity index (χ3v) is 5.14. The zero-order valence-electron chi connectivity index (χ0n) is 14.6. The molecule has 0 unspecified atom stereocenters. The number of aromatic amines is 2. The van der Waals surface area contributed by atoms with Gasteiger partial charge in [0.1, 0.15) is 11.6 Å². The van der Waals surface area contributed by atoms with Crippen LogP contribution in [0.2, 0.25) is 0 Å². The quantitative estimate of drug-likeness (QED) is 0.760. The largest absolute Gasteiger partial charge is 0.497 e. The zero-order chi connectivity index (χ0) is 17.4. The van der Waals surface area contributed by atoms with Gasteiger partial charge >= 0.3 is 5.69 Å². The third kappa shape index (κ3) is 3.07. The SMILES string of the molecule is COc1ccc2[nH]cc(C3CCN(Cc4nn(C)c(=O)[nH]4)CC3)c2c1. The number of aromatic nitrogens is 4. The predicted octanol–water partition coefficient (Wildman–Crippen LogP) is 1.98. The highest BCUT2D eigenvalue weighted by Crippen LogP contribution is 2.34. The Morgan fingerprint density at radius 3 is 2.80 bits per heavy atom. The summed E-state index contributed by atoms with van der Waals surface area (Å²) in [5, 5.41) is 5.48. The maximum absolute atomic E-state index is 11.5. The molecule has 3 aromatic rings. The minimum absolute atomic E-state index is 0.155. The van der Waals surface area contributed by atoms with Crippen molar-refractivity contribution in [3.63, 3.8) is 0 Å². The smallest absolute Gasteiger partial charge is 0.343 e. The summed E-state index contributed by atoms with van der Waals surface area (Å²) in [7, 11) is 3.37. The summed E-state index contributed by atoms with van der Waals surface area (Å²) in [5.74, 6) is 2.17. The van der Waals surface area contributed by atoms with E-state index in [4.69, 9.17) is 4.74 Å². The summed E-state index contributed by atoms with van der Waals surface area (Å²) in [6.45, 7) is 2.70. The van der Waals surface area contributed by atoms with Gasteiger partial charge in [0.05, 0.1) is 13.7 Å². The Balaban J connectivity index is 1.45. The van der Waals surface area contributed by atoms with Gasteiger partial charge in [-0.15, -0.1) is 0 Å². The second-order valence-electron chi connectivity index (χ2n) is 6.71. The van der Waals surface area contributed by atoms with Gasteiger partial charge in [0, 0.05) is 24.1 Å². The Morgan fingerprint density at radius 1 is 1.32 bits per heavy atom. The molecule has 25 heavy (non-hydrogen) atoms. The lowest BCUT2D eigenvalue weighted by atomic mass is 9.89. The molecule has 0 amide bonds. The monoisotopic (exact) mass is 341 g/mol. The zero-order valence-corrected chi connectivity index (χ0v) is 14.6. The van der Waals surface area contributed by atoms with E-state index in [1.54, 1.807) is 14.2 Å². The van der Waals surface area contributed by atoms with Crippen LogP contribution in [0.15, 0.2) is 29.2 Å². The topological polar surface area (TPSA) is 78.9 Å². The van der Waals surface area contributed by atoms with E-state index in [1.807, 2.05) is 6.07 Å². The minimum Gasteiger partial charge on any atom is -0.497 e. The van der Waals surface area contributed by atoms with Gasteiger partial charge in [0.15, 0.2) is 0 Å². The van der Waals surface area contributed by atoms with Crippen molar-refractivity contribution in [3.8, 4) is 5.75 Å². The summed E-state index contributed by atoms with van der Waals surface area (Å²) >= 11 is 0. The standard InChI is InChI=1S/C18H23N5O2/c1-22-18(24)20-17(21-22)11-23-7-5-12(6-8-23)15-10-19-16-4-3-13(25-2)9-14(15)16/h3-4,9-10,12,19H,5-8,11H2,1-2H3,(H,20,21,24). The molecule has 1 aliphatic rings. The first kappa shape index (κ1) is 16.0. The Morgan fingerprint density at radius 2 is 2.12 bits per heavy atom. The maximum Gasteiger partial charge on any atom is 0.343 e. The number of methoxy groups -OCH3 is 1. The molecule has 4 rings (SSSR count). The van der Waals surface area contributed by atoms with E-state index in [0.717, 1.165) is 43.0 Å². The predicted molar refractivity (Wildman–Crippen MR) is 95.9 cm³/mol. The molecular weight excluding hydrogens is 318 g/mol. The van der Waals surface area contributed by atoms with Crippen molar-refractivity contribution >= 4 is 10.9 Å². The third-order valence-electron chi connectivity index (χ3n) is 5.14. The highest BCUT2D eigenvalue weighted by Gasteiger charge is 2.23. The van der Waals surface area contributed by atoms with Crippen LogP contribution in [0, 0.1) is 0 Å². The Bertz CT molecular complexity index is 930. The average Bonchev–Trinajstić information content (AvgIpc) is 3.18. The van der Waals surface area contributed by atoms with Crippen LogP contribution in [-0.2, 0) is 13.6 Å². The van der Waals surface area contributed by atoms with Crippen LogP contribution >= 0.6 is 0 Å². The molecule has 0 bridgehead atoms. The van der Waals surface area contributed by atoms with Crippen LogP contribution < -0.4 is 10.4 Å². The van der Waals surface area contributed by atoms with Crippen LogP contribution in [0.3, 0.4) is 0 Å². The number of likely N-dealkylation sites (tertiary alicyclic amines) is 1. The van der Waals surface area contributed by atoms with Crippen molar-refractivity contribution in [1.29, 1.82) is 0 Å². The number of ether oxygens (including phenoxy) is 1. The van der Waals surface area contributed by atoms with Crippen LogP contribution in [0.25, 0.3) is 10.9 Å². The van der Waals surface area contributed by atoms with Crippen molar-refractivity contribution in [2.24, 2.45) is 7.05 Å². The summed E-state index contributed by atoms with van der Waals surface area (Å²) in [6.07, 6.45) is 4.34. The highest BCUT2D eigenvalue weighted by molar-refractivity contribution is 5.85. The molecular formula is C18H23N5O2. The number of rotatable bonds is 4. The number of aryl methyl sites for hydroxylation is 1. The van der Waals surface area contributed by atoms with Gasteiger partial charge in [-0.3, -0.25) is 9.88 Å². The van der Waals surface area contributed by atoms with Crippen molar-refractivity contribution in [1.82, 2.24) is 24.6 Å². The molecule has 2 aromatic heterocycles. The van der Waals surface area contributed by atoms with Crippen LogP contribution in [-0.4, -0.2) is 44.8 Å². The molecule has 132 valence electrons. The molecule has 1 aliphatic heterocycles.